The quantitative estimate of drug-likeness (QED) is 0.630. The molecule has 21 heavy (non-hydrogen) atoms. The lowest BCUT2D eigenvalue weighted by molar-refractivity contribution is -0.385. The van der Waals surface area contributed by atoms with Gasteiger partial charge in [-0.1, -0.05) is 13.8 Å². The van der Waals surface area contributed by atoms with Gasteiger partial charge in [0.2, 0.25) is 0 Å². The molecule has 2 heterocycles. The van der Waals surface area contributed by atoms with Crippen molar-refractivity contribution in [2.75, 3.05) is 23.7 Å². The molecule has 7 heteroatoms. The van der Waals surface area contributed by atoms with E-state index in [-0.39, 0.29) is 10.4 Å². The number of nitrogens with zero attached hydrogens (tertiary/aromatic N) is 3. The van der Waals surface area contributed by atoms with Crippen molar-refractivity contribution in [3.63, 3.8) is 0 Å². The molecule has 1 fully saturated rings. The fourth-order valence-corrected chi connectivity index (χ4v) is 4.57. The Morgan fingerprint density at radius 2 is 2.10 bits per heavy atom. The van der Waals surface area contributed by atoms with Crippen molar-refractivity contribution < 1.29 is 9.13 Å². The van der Waals surface area contributed by atoms with E-state index in [9.17, 15) is 14.3 Å². The standard InChI is InChI=1S/C14H21N3O3S/c1-4-14(5-2)10-16(8-9-21(14)20)13-7-6-12(17(18)19)11(3)15-13/h6-7H,4-5,8-10H2,1-3H3. The highest BCUT2D eigenvalue weighted by Crippen LogP contribution is 2.31. The maximum absolute atomic E-state index is 12.3. The molecule has 0 spiro atoms. The van der Waals surface area contributed by atoms with E-state index in [0.29, 0.717) is 24.5 Å². The predicted molar refractivity (Wildman–Crippen MR) is 84.2 cm³/mol. The van der Waals surface area contributed by atoms with Crippen LogP contribution < -0.4 is 4.90 Å². The number of pyridine rings is 1. The molecule has 0 amide bonds. The molecule has 1 aromatic rings. The van der Waals surface area contributed by atoms with E-state index in [2.05, 4.69) is 23.7 Å². The van der Waals surface area contributed by atoms with E-state index in [0.717, 1.165) is 18.7 Å². The van der Waals surface area contributed by atoms with Gasteiger partial charge in [-0.3, -0.25) is 14.3 Å². The Morgan fingerprint density at radius 1 is 1.43 bits per heavy atom. The molecule has 116 valence electrons. The van der Waals surface area contributed by atoms with Gasteiger partial charge >= 0.3 is 0 Å². The lowest BCUT2D eigenvalue weighted by Gasteiger charge is -2.41. The molecule has 1 aromatic heterocycles. The van der Waals surface area contributed by atoms with Gasteiger partial charge in [0.15, 0.2) is 0 Å². The molecule has 0 N–H and O–H groups in total. The molecule has 1 saturated heterocycles. The third-order valence-electron chi connectivity index (χ3n) is 4.36. The molecule has 0 saturated carbocycles. The Balaban J connectivity index is 2.29. The van der Waals surface area contributed by atoms with Crippen LogP contribution in [-0.2, 0) is 10.8 Å². The smallest absolute Gasteiger partial charge is 0.290 e. The second kappa shape index (κ2) is 6.09. The third-order valence-corrected chi connectivity index (χ3v) is 6.59. The SMILES string of the molecule is CCC1(CC)CN(c2ccc([N+](=O)[O-])c(C)n2)CCS1=O. The summed E-state index contributed by atoms with van der Waals surface area (Å²) in [6, 6.07) is 3.19. The van der Waals surface area contributed by atoms with Gasteiger partial charge in [-0.05, 0) is 25.8 Å². The van der Waals surface area contributed by atoms with Crippen LogP contribution in [0.25, 0.3) is 0 Å². The number of aromatic nitrogens is 1. The summed E-state index contributed by atoms with van der Waals surface area (Å²) in [6.07, 6.45) is 1.72. The lowest BCUT2D eigenvalue weighted by atomic mass is 10.0. The average Bonchev–Trinajstić information content (AvgIpc) is 2.47. The molecule has 0 bridgehead atoms. The van der Waals surface area contributed by atoms with Gasteiger partial charge in [0.05, 0.1) is 9.67 Å². The summed E-state index contributed by atoms with van der Waals surface area (Å²) in [7, 11) is -0.826. The molecule has 0 aliphatic carbocycles. The van der Waals surface area contributed by atoms with Gasteiger partial charge < -0.3 is 4.90 Å². The first-order chi connectivity index (χ1) is 9.93. The van der Waals surface area contributed by atoms with Crippen LogP contribution >= 0.6 is 0 Å². The van der Waals surface area contributed by atoms with Gasteiger partial charge in [-0.2, -0.15) is 0 Å². The predicted octanol–water partition coefficient (Wildman–Crippen LogP) is 2.43. The van der Waals surface area contributed by atoms with Crippen molar-refractivity contribution >= 4 is 22.3 Å². The number of rotatable bonds is 4. The zero-order chi connectivity index (χ0) is 15.6. The first-order valence-corrected chi connectivity index (χ1v) is 8.51. The Morgan fingerprint density at radius 3 is 2.62 bits per heavy atom. The highest BCUT2D eigenvalue weighted by molar-refractivity contribution is 7.86. The Labute approximate surface area is 127 Å². The number of hydrogen-bond donors (Lipinski definition) is 0. The molecule has 1 aliphatic heterocycles. The molecule has 0 aromatic carbocycles. The van der Waals surface area contributed by atoms with Crippen molar-refractivity contribution in [3.8, 4) is 0 Å². The fourth-order valence-electron chi connectivity index (χ4n) is 2.81. The highest BCUT2D eigenvalue weighted by Gasteiger charge is 2.39. The van der Waals surface area contributed by atoms with Crippen molar-refractivity contribution in [2.24, 2.45) is 0 Å². The summed E-state index contributed by atoms with van der Waals surface area (Å²) in [5, 5.41) is 10.9. The number of anilines is 1. The fraction of sp³-hybridized carbons (Fsp3) is 0.643. The Bertz CT molecular complexity index is 573. The number of aryl methyl sites for hydroxylation is 1. The van der Waals surface area contributed by atoms with Crippen molar-refractivity contribution in [1.29, 1.82) is 0 Å². The van der Waals surface area contributed by atoms with Crippen LogP contribution in [-0.4, -0.2) is 37.7 Å². The van der Waals surface area contributed by atoms with Gasteiger partial charge in [-0.15, -0.1) is 0 Å². The molecule has 1 unspecified atom stereocenters. The maximum Gasteiger partial charge on any atom is 0.290 e. The molecule has 1 atom stereocenters. The second-order valence-electron chi connectivity index (χ2n) is 5.39. The monoisotopic (exact) mass is 311 g/mol. The normalized spacial score (nSPS) is 21.3. The van der Waals surface area contributed by atoms with E-state index < -0.39 is 15.7 Å². The molecule has 1 aliphatic rings. The van der Waals surface area contributed by atoms with Crippen molar-refractivity contribution in [3.05, 3.63) is 27.9 Å². The van der Waals surface area contributed by atoms with E-state index in [1.807, 2.05) is 0 Å². The van der Waals surface area contributed by atoms with Crippen LogP contribution in [0, 0.1) is 17.0 Å². The van der Waals surface area contributed by atoms with Gasteiger partial charge in [0.1, 0.15) is 11.5 Å². The summed E-state index contributed by atoms with van der Waals surface area (Å²) in [5.74, 6) is 1.36. The maximum atomic E-state index is 12.3. The largest absolute Gasteiger partial charge is 0.354 e. The van der Waals surface area contributed by atoms with Crippen LogP contribution in [0.2, 0.25) is 0 Å². The third kappa shape index (κ3) is 2.92. The van der Waals surface area contributed by atoms with Gasteiger partial charge in [0, 0.05) is 35.7 Å². The van der Waals surface area contributed by atoms with Crippen molar-refractivity contribution in [2.45, 2.75) is 38.4 Å². The molecular formula is C14H21N3O3S. The Hall–Kier alpha value is -1.50. The Kier molecular flexibility index (Phi) is 4.61. The summed E-state index contributed by atoms with van der Waals surface area (Å²) >= 11 is 0. The molecule has 2 rings (SSSR count). The first kappa shape index (κ1) is 15.9. The zero-order valence-electron chi connectivity index (χ0n) is 12.7. The summed E-state index contributed by atoms with van der Waals surface area (Å²) in [5.41, 5.74) is 0.458. The topological polar surface area (TPSA) is 76.3 Å². The second-order valence-corrected chi connectivity index (χ2v) is 7.36. The van der Waals surface area contributed by atoms with Crippen LogP contribution in [0.1, 0.15) is 32.4 Å². The molecule has 0 radical (unpaired) electrons. The minimum Gasteiger partial charge on any atom is -0.354 e. The van der Waals surface area contributed by atoms with Crippen LogP contribution in [0.5, 0.6) is 0 Å². The van der Waals surface area contributed by atoms with Crippen LogP contribution in [0.4, 0.5) is 11.5 Å². The van der Waals surface area contributed by atoms with E-state index in [1.165, 1.54) is 6.07 Å². The van der Waals surface area contributed by atoms with Crippen LogP contribution in [0.15, 0.2) is 12.1 Å². The lowest BCUT2D eigenvalue weighted by Crippen LogP contribution is -2.53. The molecular weight excluding hydrogens is 290 g/mol. The minimum absolute atomic E-state index is 0.0385. The van der Waals surface area contributed by atoms with Gasteiger partial charge in [0.25, 0.3) is 5.69 Å². The highest BCUT2D eigenvalue weighted by atomic mass is 32.2. The average molecular weight is 311 g/mol. The van der Waals surface area contributed by atoms with E-state index in [4.69, 9.17) is 0 Å². The van der Waals surface area contributed by atoms with Crippen LogP contribution in [0.3, 0.4) is 0 Å². The summed E-state index contributed by atoms with van der Waals surface area (Å²) in [4.78, 5) is 16.9. The van der Waals surface area contributed by atoms with Gasteiger partial charge in [-0.25, -0.2) is 4.98 Å². The zero-order valence-corrected chi connectivity index (χ0v) is 13.5. The minimum atomic E-state index is -0.826. The van der Waals surface area contributed by atoms with Crippen molar-refractivity contribution in [1.82, 2.24) is 4.98 Å². The van der Waals surface area contributed by atoms with E-state index >= 15 is 0 Å². The number of nitro groups is 1. The van der Waals surface area contributed by atoms with E-state index in [1.54, 1.807) is 13.0 Å². The molecule has 6 nitrogen and oxygen atoms in total. The summed E-state index contributed by atoms with van der Waals surface area (Å²) in [6.45, 7) is 7.16. The number of hydrogen-bond acceptors (Lipinski definition) is 5. The summed E-state index contributed by atoms with van der Waals surface area (Å²) < 4.78 is 12.1. The first-order valence-electron chi connectivity index (χ1n) is 7.19.